The third-order valence-corrected chi connectivity index (χ3v) is 4.37. The second-order valence-corrected chi connectivity index (χ2v) is 6.85. The maximum absolute atomic E-state index is 12.1. The van der Waals surface area contributed by atoms with E-state index in [-0.39, 0.29) is 11.8 Å². The van der Waals surface area contributed by atoms with Crippen LogP contribution < -0.4 is 0 Å². The zero-order valence-electron chi connectivity index (χ0n) is 13.6. The van der Waals surface area contributed by atoms with Gasteiger partial charge in [0, 0.05) is 31.6 Å². The molecule has 1 saturated heterocycles. The highest BCUT2D eigenvalue weighted by molar-refractivity contribution is 5.78. The largest absolute Gasteiger partial charge is 0.342 e. The summed E-state index contributed by atoms with van der Waals surface area (Å²) in [6.07, 6.45) is 3.51. The van der Waals surface area contributed by atoms with E-state index in [0.29, 0.717) is 12.1 Å². The van der Waals surface area contributed by atoms with Gasteiger partial charge in [0.05, 0.1) is 0 Å². The molecule has 1 aliphatic heterocycles. The Morgan fingerprint density at radius 3 is 2.42 bits per heavy atom. The number of hydrogen-bond acceptors (Lipinski definition) is 2. The van der Waals surface area contributed by atoms with Crippen molar-refractivity contribution in [1.29, 1.82) is 0 Å². The molecule has 1 rings (SSSR count). The van der Waals surface area contributed by atoms with E-state index in [1.807, 2.05) is 25.8 Å². The van der Waals surface area contributed by atoms with Crippen molar-refractivity contribution in [2.45, 2.75) is 66.0 Å². The minimum Gasteiger partial charge on any atom is -0.342 e. The second-order valence-electron chi connectivity index (χ2n) is 6.85. The highest BCUT2D eigenvalue weighted by Crippen LogP contribution is 2.22. The zero-order chi connectivity index (χ0) is 14.6. The van der Waals surface area contributed by atoms with E-state index in [9.17, 15) is 4.79 Å². The van der Waals surface area contributed by atoms with Crippen LogP contribution in [0.5, 0.6) is 0 Å². The van der Waals surface area contributed by atoms with Crippen molar-refractivity contribution in [3.63, 3.8) is 0 Å². The summed E-state index contributed by atoms with van der Waals surface area (Å²) in [6, 6.07) is 1.03. The van der Waals surface area contributed by atoms with Crippen LogP contribution in [0.4, 0.5) is 0 Å². The van der Waals surface area contributed by atoms with Gasteiger partial charge in [-0.25, -0.2) is 0 Å². The Kier molecular flexibility index (Phi) is 6.31. The Bertz CT molecular complexity index is 288. The number of carbonyl (C=O) groups is 1. The highest BCUT2D eigenvalue weighted by atomic mass is 16.2. The molecule has 0 aromatic rings. The predicted molar refractivity (Wildman–Crippen MR) is 81.1 cm³/mol. The van der Waals surface area contributed by atoms with E-state index in [1.54, 1.807) is 0 Å². The molecule has 0 saturated carbocycles. The van der Waals surface area contributed by atoms with E-state index in [4.69, 9.17) is 0 Å². The molecule has 0 N–H and O–H groups in total. The molecule has 0 spiro atoms. The number of hydrogen-bond donors (Lipinski definition) is 0. The smallest absolute Gasteiger partial charge is 0.225 e. The van der Waals surface area contributed by atoms with Crippen LogP contribution in [-0.2, 0) is 4.79 Å². The van der Waals surface area contributed by atoms with Crippen molar-refractivity contribution in [3.8, 4) is 0 Å². The van der Waals surface area contributed by atoms with E-state index in [1.165, 1.54) is 13.0 Å². The van der Waals surface area contributed by atoms with Crippen LogP contribution >= 0.6 is 0 Å². The van der Waals surface area contributed by atoms with Crippen molar-refractivity contribution in [2.24, 2.45) is 11.8 Å². The lowest BCUT2D eigenvalue weighted by molar-refractivity contribution is -0.136. The van der Waals surface area contributed by atoms with Gasteiger partial charge < -0.3 is 9.80 Å². The Hall–Kier alpha value is -0.570. The lowest BCUT2D eigenvalue weighted by Gasteiger charge is -2.41. The molecule has 3 heteroatoms. The molecule has 1 heterocycles. The standard InChI is InChI=1S/C16H32N2O/c1-12(2)7-9-18-10-8-15(11-14(18)5)17(6)16(19)13(3)4/h12-15H,7-11H2,1-6H3/t14-,15-/m1/s1. The normalized spacial score (nSPS) is 25.1. The first-order valence-corrected chi connectivity index (χ1v) is 7.83. The second kappa shape index (κ2) is 7.28. The Morgan fingerprint density at radius 1 is 1.32 bits per heavy atom. The van der Waals surface area contributed by atoms with Crippen molar-refractivity contribution in [3.05, 3.63) is 0 Å². The van der Waals surface area contributed by atoms with Crippen molar-refractivity contribution in [1.82, 2.24) is 9.80 Å². The molecular weight excluding hydrogens is 236 g/mol. The van der Waals surface area contributed by atoms with E-state index in [2.05, 4.69) is 25.7 Å². The van der Waals surface area contributed by atoms with Gasteiger partial charge in [0.25, 0.3) is 0 Å². The summed E-state index contributed by atoms with van der Waals surface area (Å²) in [6.45, 7) is 13.2. The Labute approximate surface area is 119 Å². The molecule has 3 nitrogen and oxygen atoms in total. The molecule has 1 aliphatic rings. The van der Waals surface area contributed by atoms with E-state index >= 15 is 0 Å². The summed E-state index contributed by atoms with van der Waals surface area (Å²) >= 11 is 0. The van der Waals surface area contributed by atoms with Crippen LogP contribution in [-0.4, -0.2) is 47.9 Å². The number of rotatable bonds is 5. The van der Waals surface area contributed by atoms with Gasteiger partial charge in [-0.05, 0) is 38.6 Å². The summed E-state index contributed by atoms with van der Waals surface area (Å²) in [5, 5.41) is 0. The fourth-order valence-corrected chi connectivity index (χ4v) is 2.89. The van der Waals surface area contributed by atoms with Gasteiger partial charge in [-0.1, -0.05) is 27.7 Å². The molecule has 112 valence electrons. The van der Waals surface area contributed by atoms with Crippen LogP contribution in [0.2, 0.25) is 0 Å². The summed E-state index contributed by atoms with van der Waals surface area (Å²) in [5.41, 5.74) is 0. The van der Waals surface area contributed by atoms with Crippen LogP contribution in [0.1, 0.15) is 53.9 Å². The predicted octanol–water partition coefficient (Wildman–Crippen LogP) is 3.00. The minimum atomic E-state index is 0.110. The lowest BCUT2D eigenvalue weighted by Crippen LogP contribution is -2.50. The number of piperidine rings is 1. The average Bonchev–Trinajstić information content (AvgIpc) is 2.35. The first kappa shape index (κ1) is 16.5. The number of likely N-dealkylation sites (tertiary alicyclic amines) is 1. The van der Waals surface area contributed by atoms with Gasteiger partial charge in [-0.15, -0.1) is 0 Å². The van der Waals surface area contributed by atoms with Gasteiger partial charge in [-0.2, -0.15) is 0 Å². The van der Waals surface area contributed by atoms with Gasteiger partial charge in [0.15, 0.2) is 0 Å². The molecule has 0 aromatic carbocycles. The van der Waals surface area contributed by atoms with Gasteiger partial charge in [-0.3, -0.25) is 4.79 Å². The minimum absolute atomic E-state index is 0.110. The van der Waals surface area contributed by atoms with Crippen molar-refractivity contribution < 1.29 is 4.79 Å². The van der Waals surface area contributed by atoms with Gasteiger partial charge in [0.1, 0.15) is 0 Å². The van der Waals surface area contributed by atoms with E-state index < -0.39 is 0 Å². The average molecular weight is 268 g/mol. The van der Waals surface area contributed by atoms with Crippen LogP contribution in [0.15, 0.2) is 0 Å². The number of nitrogens with zero attached hydrogens (tertiary/aromatic N) is 2. The first-order valence-electron chi connectivity index (χ1n) is 7.83. The highest BCUT2D eigenvalue weighted by Gasteiger charge is 2.30. The van der Waals surface area contributed by atoms with Crippen molar-refractivity contribution >= 4 is 5.91 Å². The molecular formula is C16H32N2O. The number of amides is 1. The monoisotopic (exact) mass is 268 g/mol. The van der Waals surface area contributed by atoms with Crippen LogP contribution in [0.3, 0.4) is 0 Å². The molecule has 0 aromatic heterocycles. The fourth-order valence-electron chi connectivity index (χ4n) is 2.89. The zero-order valence-corrected chi connectivity index (χ0v) is 13.6. The Morgan fingerprint density at radius 2 is 1.95 bits per heavy atom. The molecule has 0 unspecified atom stereocenters. The van der Waals surface area contributed by atoms with Gasteiger partial charge >= 0.3 is 0 Å². The van der Waals surface area contributed by atoms with Gasteiger partial charge in [0.2, 0.25) is 5.91 Å². The molecule has 0 radical (unpaired) electrons. The summed E-state index contributed by atoms with van der Waals surface area (Å²) in [5.74, 6) is 1.17. The molecule has 2 atom stereocenters. The SMILES string of the molecule is CC(C)CCN1CC[C@@H](N(C)C(=O)C(C)C)C[C@H]1C. The van der Waals surface area contributed by atoms with Crippen LogP contribution in [0, 0.1) is 11.8 Å². The van der Waals surface area contributed by atoms with E-state index in [0.717, 1.165) is 25.3 Å². The molecule has 1 amide bonds. The summed E-state index contributed by atoms with van der Waals surface area (Å²) in [7, 11) is 1.98. The third kappa shape index (κ3) is 4.79. The van der Waals surface area contributed by atoms with Crippen LogP contribution in [0.25, 0.3) is 0 Å². The topological polar surface area (TPSA) is 23.6 Å². The summed E-state index contributed by atoms with van der Waals surface area (Å²) < 4.78 is 0. The third-order valence-electron chi connectivity index (χ3n) is 4.37. The molecule has 19 heavy (non-hydrogen) atoms. The quantitative estimate of drug-likeness (QED) is 0.765. The Balaban J connectivity index is 2.46. The molecule has 0 aliphatic carbocycles. The number of carbonyl (C=O) groups excluding carboxylic acids is 1. The fraction of sp³-hybridized carbons (Fsp3) is 0.938. The first-order chi connectivity index (χ1) is 8.82. The summed E-state index contributed by atoms with van der Waals surface area (Å²) in [4.78, 5) is 16.6. The maximum atomic E-state index is 12.1. The molecule has 1 fully saturated rings. The lowest BCUT2D eigenvalue weighted by atomic mass is 9.95. The van der Waals surface area contributed by atoms with Crippen molar-refractivity contribution in [2.75, 3.05) is 20.1 Å². The molecule has 0 bridgehead atoms. The maximum Gasteiger partial charge on any atom is 0.225 e.